The molecular formula is C24H28ClF3N4O2. The molecule has 1 aromatic carbocycles. The van der Waals surface area contributed by atoms with Gasteiger partial charge in [0, 0.05) is 60.4 Å². The molecule has 6 nitrogen and oxygen atoms in total. The molecule has 1 spiro atoms. The van der Waals surface area contributed by atoms with Crippen molar-refractivity contribution < 1.29 is 22.7 Å². The zero-order valence-corrected chi connectivity index (χ0v) is 19.5. The van der Waals surface area contributed by atoms with Gasteiger partial charge >= 0.3 is 0 Å². The molecule has 1 aromatic heterocycles. The van der Waals surface area contributed by atoms with E-state index in [9.17, 15) is 18.0 Å². The van der Waals surface area contributed by atoms with Gasteiger partial charge in [0.25, 0.3) is 0 Å². The van der Waals surface area contributed by atoms with Gasteiger partial charge in [-0.25, -0.2) is 13.8 Å². The van der Waals surface area contributed by atoms with Crippen LogP contribution in [0.1, 0.15) is 36.3 Å². The van der Waals surface area contributed by atoms with Crippen LogP contribution in [-0.4, -0.2) is 54.6 Å². The number of likely N-dealkylation sites (tertiary alicyclic amines) is 1. The maximum atomic E-state index is 14.5. The first-order valence-corrected chi connectivity index (χ1v) is 11.4. The van der Waals surface area contributed by atoms with Gasteiger partial charge in [0.1, 0.15) is 12.4 Å². The maximum absolute atomic E-state index is 14.5. The average Bonchev–Trinajstić information content (AvgIpc) is 3.21. The number of aromatic nitrogens is 1. The number of hydrogen-bond acceptors (Lipinski definition) is 5. The maximum Gasteiger partial charge on any atom is 0.236 e. The Balaban J connectivity index is 0.00000274. The standard InChI is InChI=1S/C24H27F3N4O2.ClH/c25-16-8-18(22(19(26)9-16)33-12-15-2-1-5-29-23(15)27)17-10-20(17)30-11-21(32)31-7-4-24(14-31)3-6-28-13-24;/h1-2,5,8-9,17,20,28,30H,3-4,6-7,10-14H2;1H/t17-,20+,24?;/m0./s1. The second-order valence-electron chi connectivity index (χ2n) is 9.37. The van der Waals surface area contributed by atoms with Crippen LogP contribution in [0.3, 0.4) is 0 Å². The molecule has 0 radical (unpaired) electrons. The number of rotatable bonds is 7. The van der Waals surface area contributed by atoms with E-state index in [2.05, 4.69) is 15.6 Å². The van der Waals surface area contributed by atoms with Gasteiger partial charge < -0.3 is 20.3 Å². The second kappa shape index (κ2) is 10.1. The third-order valence-electron chi connectivity index (χ3n) is 7.07. The van der Waals surface area contributed by atoms with E-state index in [-0.39, 0.29) is 60.2 Å². The molecule has 3 atom stereocenters. The van der Waals surface area contributed by atoms with Crippen LogP contribution in [0.4, 0.5) is 13.2 Å². The highest BCUT2D eigenvalue weighted by molar-refractivity contribution is 5.85. The van der Waals surface area contributed by atoms with Crippen molar-refractivity contribution >= 4 is 18.3 Å². The Morgan fingerprint density at radius 1 is 1.29 bits per heavy atom. The number of pyridine rings is 1. The number of halogens is 4. The van der Waals surface area contributed by atoms with Crippen molar-refractivity contribution in [2.75, 3.05) is 32.7 Å². The van der Waals surface area contributed by atoms with E-state index in [0.717, 1.165) is 45.1 Å². The molecular weight excluding hydrogens is 469 g/mol. The van der Waals surface area contributed by atoms with E-state index >= 15 is 0 Å². The molecule has 3 heterocycles. The second-order valence-corrected chi connectivity index (χ2v) is 9.37. The Morgan fingerprint density at radius 2 is 2.15 bits per heavy atom. The minimum Gasteiger partial charge on any atom is -0.485 e. The van der Waals surface area contributed by atoms with Crippen LogP contribution in [0.25, 0.3) is 0 Å². The Kier molecular flexibility index (Phi) is 7.35. The molecule has 1 saturated carbocycles. The lowest BCUT2D eigenvalue weighted by Crippen LogP contribution is -2.39. The summed E-state index contributed by atoms with van der Waals surface area (Å²) in [7, 11) is 0. The van der Waals surface area contributed by atoms with Gasteiger partial charge in [-0.1, -0.05) is 0 Å². The highest BCUT2D eigenvalue weighted by Crippen LogP contribution is 2.46. The predicted octanol–water partition coefficient (Wildman–Crippen LogP) is 3.16. The van der Waals surface area contributed by atoms with E-state index in [4.69, 9.17) is 4.74 Å². The molecule has 1 unspecified atom stereocenters. The molecule has 3 aliphatic rings. The number of benzene rings is 1. The summed E-state index contributed by atoms with van der Waals surface area (Å²) >= 11 is 0. The van der Waals surface area contributed by atoms with Crippen molar-refractivity contribution in [1.29, 1.82) is 0 Å². The largest absolute Gasteiger partial charge is 0.485 e. The van der Waals surface area contributed by atoms with Gasteiger partial charge in [0.05, 0.1) is 6.54 Å². The van der Waals surface area contributed by atoms with E-state index in [0.29, 0.717) is 12.0 Å². The Hall–Kier alpha value is -2.36. The highest BCUT2D eigenvalue weighted by Gasteiger charge is 2.44. The SMILES string of the molecule is Cl.O=C(CN[C@@H]1C[C@H]1c1cc(F)cc(F)c1OCc1cccnc1F)N1CCC2(CCNC2)C1. The van der Waals surface area contributed by atoms with Crippen molar-refractivity contribution in [3.05, 3.63) is 59.2 Å². The van der Waals surface area contributed by atoms with Crippen molar-refractivity contribution in [3.63, 3.8) is 0 Å². The van der Waals surface area contributed by atoms with Crippen LogP contribution in [0.15, 0.2) is 30.5 Å². The van der Waals surface area contributed by atoms with E-state index in [1.54, 1.807) is 6.07 Å². The minimum absolute atomic E-state index is 0. The quantitative estimate of drug-likeness (QED) is 0.576. The Bertz CT molecular complexity index is 1050. The summed E-state index contributed by atoms with van der Waals surface area (Å²) in [4.78, 5) is 18.2. The van der Waals surface area contributed by atoms with Crippen LogP contribution in [0, 0.1) is 23.0 Å². The summed E-state index contributed by atoms with van der Waals surface area (Å²) in [6.45, 7) is 3.50. The van der Waals surface area contributed by atoms with Gasteiger partial charge in [0.2, 0.25) is 11.9 Å². The topological polar surface area (TPSA) is 66.5 Å². The smallest absolute Gasteiger partial charge is 0.236 e. The number of carbonyl (C=O) groups excluding carboxylic acids is 1. The average molecular weight is 497 g/mol. The number of nitrogens with one attached hydrogen (secondary N) is 2. The Morgan fingerprint density at radius 3 is 2.91 bits per heavy atom. The zero-order chi connectivity index (χ0) is 23.0. The molecule has 34 heavy (non-hydrogen) atoms. The summed E-state index contributed by atoms with van der Waals surface area (Å²) in [6.07, 6.45) is 4.09. The van der Waals surface area contributed by atoms with Crippen LogP contribution in [0.5, 0.6) is 5.75 Å². The number of amides is 1. The lowest BCUT2D eigenvalue weighted by Gasteiger charge is -2.23. The van der Waals surface area contributed by atoms with Crippen LogP contribution in [0.2, 0.25) is 0 Å². The summed E-state index contributed by atoms with van der Waals surface area (Å²) in [5.74, 6) is -2.43. The predicted molar refractivity (Wildman–Crippen MR) is 122 cm³/mol. The van der Waals surface area contributed by atoms with Gasteiger partial charge in [-0.3, -0.25) is 4.79 Å². The first-order valence-electron chi connectivity index (χ1n) is 11.4. The molecule has 2 aromatic rings. The number of hydrogen-bond donors (Lipinski definition) is 2. The highest BCUT2D eigenvalue weighted by atomic mass is 35.5. The lowest BCUT2D eigenvalue weighted by molar-refractivity contribution is -0.129. The lowest BCUT2D eigenvalue weighted by atomic mass is 9.87. The minimum atomic E-state index is -0.830. The first kappa shape index (κ1) is 24.8. The third kappa shape index (κ3) is 5.16. The number of nitrogens with zero attached hydrogens (tertiary/aromatic N) is 2. The number of ether oxygens (including phenoxy) is 1. The molecule has 3 fully saturated rings. The van der Waals surface area contributed by atoms with Crippen molar-refractivity contribution in [1.82, 2.24) is 20.5 Å². The normalized spacial score (nSPS) is 25.4. The summed E-state index contributed by atoms with van der Waals surface area (Å²) in [6, 6.07) is 5.00. The molecule has 1 aliphatic carbocycles. The van der Waals surface area contributed by atoms with Crippen molar-refractivity contribution in [2.45, 2.75) is 37.8 Å². The van der Waals surface area contributed by atoms with Gasteiger partial charge in [-0.15, -0.1) is 12.4 Å². The zero-order valence-electron chi connectivity index (χ0n) is 18.7. The summed E-state index contributed by atoms with van der Waals surface area (Å²) in [5, 5.41) is 6.62. The van der Waals surface area contributed by atoms with Crippen LogP contribution < -0.4 is 15.4 Å². The fraction of sp³-hybridized carbons (Fsp3) is 0.500. The number of carbonyl (C=O) groups is 1. The molecule has 0 bridgehead atoms. The fourth-order valence-electron chi connectivity index (χ4n) is 5.07. The molecule has 10 heteroatoms. The van der Waals surface area contributed by atoms with Crippen molar-refractivity contribution in [2.24, 2.45) is 5.41 Å². The monoisotopic (exact) mass is 496 g/mol. The van der Waals surface area contributed by atoms with E-state index in [1.165, 1.54) is 18.3 Å². The molecule has 2 N–H and O–H groups in total. The molecule has 2 aliphatic heterocycles. The molecule has 1 amide bonds. The van der Waals surface area contributed by atoms with Gasteiger partial charge in [0.15, 0.2) is 11.6 Å². The van der Waals surface area contributed by atoms with E-state index < -0.39 is 17.6 Å². The molecule has 2 saturated heterocycles. The summed E-state index contributed by atoms with van der Waals surface area (Å²) < 4.78 is 47.9. The molecule has 184 valence electrons. The first-order chi connectivity index (χ1) is 15.9. The van der Waals surface area contributed by atoms with Crippen LogP contribution >= 0.6 is 12.4 Å². The Labute approximate surface area is 202 Å². The van der Waals surface area contributed by atoms with E-state index in [1.807, 2.05) is 4.90 Å². The van der Waals surface area contributed by atoms with Crippen molar-refractivity contribution in [3.8, 4) is 5.75 Å². The van der Waals surface area contributed by atoms with Gasteiger partial charge in [-0.05, 0) is 44.0 Å². The van der Waals surface area contributed by atoms with Crippen LogP contribution in [-0.2, 0) is 11.4 Å². The third-order valence-corrected chi connectivity index (χ3v) is 7.07. The fourth-order valence-corrected chi connectivity index (χ4v) is 5.07. The molecule has 5 rings (SSSR count). The van der Waals surface area contributed by atoms with Gasteiger partial charge in [-0.2, -0.15) is 4.39 Å². The summed E-state index contributed by atoms with van der Waals surface area (Å²) in [5.41, 5.74) is 0.791.